The monoisotopic (exact) mass is 308 g/mol. The van der Waals surface area contributed by atoms with Crippen molar-refractivity contribution in [2.24, 2.45) is 0 Å². The summed E-state index contributed by atoms with van der Waals surface area (Å²) >= 11 is 7.46. The lowest BCUT2D eigenvalue weighted by Crippen LogP contribution is -2.43. The summed E-state index contributed by atoms with van der Waals surface area (Å²) in [4.78, 5) is 4.01. The number of hydrogen-bond donors (Lipinski definition) is 0. The zero-order valence-corrected chi connectivity index (χ0v) is 12.9. The average molecular weight is 309 g/mol. The van der Waals surface area contributed by atoms with Gasteiger partial charge in [0.1, 0.15) is 0 Å². The van der Waals surface area contributed by atoms with E-state index in [4.69, 9.17) is 11.6 Å². The highest BCUT2D eigenvalue weighted by Gasteiger charge is 2.35. The number of alkyl halides is 1. The van der Waals surface area contributed by atoms with Crippen molar-refractivity contribution in [2.45, 2.75) is 48.2 Å². The maximum atomic E-state index is 12.4. The van der Waals surface area contributed by atoms with Crippen LogP contribution in [0.2, 0.25) is 0 Å². The number of aromatic nitrogens is 1. The second-order valence-corrected chi connectivity index (χ2v) is 8.61. The molecule has 0 N–H and O–H groups in total. The highest BCUT2D eigenvalue weighted by molar-refractivity contribution is 7.91. The van der Waals surface area contributed by atoms with Crippen molar-refractivity contribution < 1.29 is 8.42 Å². The zero-order chi connectivity index (χ0) is 13.3. The third-order valence-electron chi connectivity index (χ3n) is 3.35. The van der Waals surface area contributed by atoms with Gasteiger partial charge in [-0.05, 0) is 19.8 Å². The molecule has 2 rings (SSSR count). The highest BCUT2D eigenvalue weighted by atomic mass is 35.5. The Hall–Kier alpha value is -0.170. The number of halogens is 1. The Kier molecular flexibility index (Phi) is 4.31. The van der Waals surface area contributed by atoms with Crippen LogP contribution in [0.4, 0.5) is 0 Å². The molecule has 2 unspecified atom stereocenters. The van der Waals surface area contributed by atoms with Crippen molar-refractivity contribution in [2.75, 3.05) is 7.05 Å². The fraction of sp³-hybridized carbons (Fsp3) is 0.727. The Balaban J connectivity index is 2.24. The van der Waals surface area contributed by atoms with Gasteiger partial charge in [-0.25, -0.2) is 13.4 Å². The first-order chi connectivity index (χ1) is 8.43. The molecule has 7 heteroatoms. The molecule has 0 saturated heterocycles. The molecule has 0 bridgehead atoms. The van der Waals surface area contributed by atoms with E-state index >= 15 is 0 Å². The van der Waals surface area contributed by atoms with Crippen LogP contribution < -0.4 is 0 Å². The number of nitrogens with zero attached hydrogens (tertiary/aromatic N) is 2. The number of hydrogen-bond acceptors (Lipinski definition) is 4. The molecule has 2 atom stereocenters. The second-order valence-electron chi connectivity index (χ2n) is 4.59. The molecule has 1 saturated carbocycles. The van der Waals surface area contributed by atoms with Gasteiger partial charge in [-0.2, -0.15) is 4.31 Å². The molecule has 0 aromatic carbocycles. The summed E-state index contributed by atoms with van der Waals surface area (Å²) in [6.07, 6.45) is 5.26. The molecule has 102 valence electrons. The standard InChI is InChI=1S/C11H17ClN2O2S2/c1-8-13-7-11(17-8)18(15,16)14(2)10-6-4-3-5-9(10)12/h7,9-10H,3-6H2,1-2H3. The summed E-state index contributed by atoms with van der Waals surface area (Å²) in [7, 11) is -1.82. The van der Waals surface area contributed by atoms with E-state index in [0.29, 0.717) is 4.21 Å². The quantitative estimate of drug-likeness (QED) is 0.807. The van der Waals surface area contributed by atoms with E-state index in [-0.39, 0.29) is 11.4 Å². The number of thiazole rings is 1. The second kappa shape index (κ2) is 5.45. The van der Waals surface area contributed by atoms with Crippen molar-refractivity contribution in [1.82, 2.24) is 9.29 Å². The predicted octanol–water partition coefficient (Wildman–Crippen LogP) is 2.62. The Morgan fingerprint density at radius 2 is 2.11 bits per heavy atom. The summed E-state index contributed by atoms with van der Waals surface area (Å²) in [5, 5.41) is 0.667. The first kappa shape index (κ1) is 14.2. The zero-order valence-electron chi connectivity index (χ0n) is 10.5. The Bertz CT molecular complexity index is 515. The van der Waals surface area contributed by atoms with Crippen LogP contribution >= 0.6 is 22.9 Å². The minimum absolute atomic E-state index is 0.0902. The van der Waals surface area contributed by atoms with Crippen LogP contribution in [0.3, 0.4) is 0 Å². The molecule has 0 spiro atoms. The molecule has 1 aromatic heterocycles. The van der Waals surface area contributed by atoms with Gasteiger partial charge in [-0.1, -0.05) is 12.8 Å². The summed E-state index contributed by atoms with van der Waals surface area (Å²) in [5.74, 6) is 0. The van der Waals surface area contributed by atoms with Gasteiger partial charge in [-0.3, -0.25) is 0 Å². The summed E-state index contributed by atoms with van der Waals surface area (Å²) < 4.78 is 26.6. The summed E-state index contributed by atoms with van der Waals surface area (Å²) in [6, 6.07) is -0.104. The van der Waals surface area contributed by atoms with E-state index in [1.54, 1.807) is 14.0 Å². The lowest BCUT2D eigenvalue weighted by molar-refractivity contribution is 0.291. The first-order valence-electron chi connectivity index (χ1n) is 5.97. The van der Waals surface area contributed by atoms with Crippen molar-refractivity contribution >= 4 is 33.0 Å². The van der Waals surface area contributed by atoms with E-state index in [2.05, 4.69) is 4.98 Å². The maximum Gasteiger partial charge on any atom is 0.254 e. The van der Waals surface area contributed by atoms with Crippen LogP contribution in [-0.2, 0) is 10.0 Å². The lowest BCUT2D eigenvalue weighted by atomic mass is 9.95. The molecule has 18 heavy (non-hydrogen) atoms. The molecule has 1 fully saturated rings. The third kappa shape index (κ3) is 2.71. The van der Waals surface area contributed by atoms with Crippen LogP contribution in [0.5, 0.6) is 0 Å². The van der Waals surface area contributed by atoms with Gasteiger partial charge in [0.2, 0.25) is 0 Å². The average Bonchev–Trinajstić information content (AvgIpc) is 2.76. The smallest absolute Gasteiger partial charge is 0.249 e. The van der Waals surface area contributed by atoms with Crippen LogP contribution in [-0.4, -0.2) is 36.2 Å². The maximum absolute atomic E-state index is 12.4. The molecule has 1 aliphatic carbocycles. The fourth-order valence-corrected chi connectivity index (χ4v) is 5.49. The van der Waals surface area contributed by atoms with Gasteiger partial charge in [0.15, 0.2) is 4.21 Å². The number of rotatable bonds is 3. The Morgan fingerprint density at radius 1 is 1.44 bits per heavy atom. The van der Waals surface area contributed by atoms with Gasteiger partial charge in [0.05, 0.1) is 16.6 Å². The van der Waals surface area contributed by atoms with E-state index in [9.17, 15) is 8.42 Å². The summed E-state index contributed by atoms with van der Waals surface area (Å²) in [5.41, 5.74) is 0. The molecule has 4 nitrogen and oxygen atoms in total. The van der Waals surface area contributed by atoms with Gasteiger partial charge in [0, 0.05) is 13.1 Å². The molecule has 0 aliphatic heterocycles. The number of sulfonamides is 1. The van der Waals surface area contributed by atoms with Crippen molar-refractivity contribution in [3.05, 3.63) is 11.2 Å². The lowest BCUT2D eigenvalue weighted by Gasteiger charge is -2.33. The Morgan fingerprint density at radius 3 is 2.67 bits per heavy atom. The minimum Gasteiger partial charge on any atom is -0.249 e. The SMILES string of the molecule is Cc1ncc(S(=O)(=O)N(C)C2CCCCC2Cl)s1. The van der Waals surface area contributed by atoms with Gasteiger partial charge >= 0.3 is 0 Å². The van der Waals surface area contributed by atoms with Crippen LogP contribution in [0.25, 0.3) is 0 Å². The van der Waals surface area contributed by atoms with Crippen molar-refractivity contribution in [1.29, 1.82) is 0 Å². The molecule has 0 amide bonds. The predicted molar refractivity (Wildman–Crippen MR) is 73.7 cm³/mol. The molecular weight excluding hydrogens is 292 g/mol. The van der Waals surface area contributed by atoms with E-state index < -0.39 is 10.0 Å². The van der Waals surface area contributed by atoms with Gasteiger partial charge in [-0.15, -0.1) is 22.9 Å². The van der Waals surface area contributed by atoms with E-state index in [1.165, 1.54) is 21.8 Å². The molecule has 1 aromatic rings. The molecule has 1 heterocycles. The van der Waals surface area contributed by atoms with Crippen molar-refractivity contribution in [3.63, 3.8) is 0 Å². The van der Waals surface area contributed by atoms with E-state index in [0.717, 1.165) is 30.7 Å². The van der Waals surface area contributed by atoms with E-state index in [1.807, 2.05) is 0 Å². The summed E-state index contributed by atoms with van der Waals surface area (Å²) in [6.45, 7) is 1.80. The Labute approximate surface area is 117 Å². The normalized spacial score (nSPS) is 25.6. The minimum atomic E-state index is -3.45. The third-order valence-corrected chi connectivity index (χ3v) is 7.09. The molecule has 1 aliphatic rings. The topological polar surface area (TPSA) is 50.3 Å². The highest BCUT2D eigenvalue weighted by Crippen LogP contribution is 2.31. The fourth-order valence-electron chi connectivity index (χ4n) is 2.26. The molecular formula is C11H17ClN2O2S2. The molecule has 0 radical (unpaired) electrons. The van der Waals surface area contributed by atoms with Crippen LogP contribution in [0.15, 0.2) is 10.4 Å². The van der Waals surface area contributed by atoms with Gasteiger partial charge < -0.3 is 0 Å². The largest absolute Gasteiger partial charge is 0.254 e. The van der Waals surface area contributed by atoms with Gasteiger partial charge in [0.25, 0.3) is 10.0 Å². The number of aryl methyl sites for hydroxylation is 1. The first-order valence-corrected chi connectivity index (χ1v) is 8.67. The van der Waals surface area contributed by atoms with Crippen LogP contribution in [0, 0.1) is 6.92 Å². The van der Waals surface area contributed by atoms with Crippen LogP contribution in [0.1, 0.15) is 30.7 Å². The van der Waals surface area contributed by atoms with Crippen molar-refractivity contribution in [3.8, 4) is 0 Å².